The third-order valence-corrected chi connectivity index (χ3v) is 5.07. The normalized spacial score (nSPS) is 16.0. The zero-order valence-corrected chi connectivity index (χ0v) is 16.4. The van der Waals surface area contributed by atoms with Crippen LogP contribution in [0.1, 0.15) is 49.4 Å². The number of hydrogen-bond acceptors (Lipinski definition) is 5. The second-order valence-corrected chi connectivity index (χ2v) is 6.88. The molecule has 1 aromatic carbocycles. The van der Waals surface area contributed by atoms with Crippen molar-refractivity contribution < 1.29 is 23.8 Å². The van der Waals surface area contributed by atoms with Gasteiger partial charge in [0.25, 0.3) is 5.91 Å². The summed E-state index contributed by atoms with van der Waals surface area (Å²) in [6, 6.07) is 3.26. The van der Waals surface area contributed by atoms with Crippen molar-refractivity contribution in [3.63, 3.8) is 0 Å². The summed E-state index contributed by atoms with van der Waals surface area (Å²) in [5, 5.41) is 2.96. The highest BCUT2D eigenvalue weighted by molar-refractivity contribution is 9.10. The first-order chi connectivity index (χ1) is 12.0. The summed E-state index contributed by atoms with van der Waals surface area (Å²) in [6.45, 7) is 1.57. The van der Waals surface area contributed by atoms with E-state index in [0.29, 0.717) is 16.0 Å². The van der Waals surface area contributed by atoms with E-state index in [4.69, 9.17) is 14.2 Å². The molecule has 1 fully saturated rings. The van der Waals surface area contributed by atoms with Crippen molar-refractivity contribution in [1.29, 1.82) is 0 Å². The highest BCUT2D eigenvalue weighted by Gasteiger charge is 2.24. The number of halogens is 1. The Morgan fingerprint density at radius 3 is 2.20 bits per heavy atom. The minimum Gasteiger partial charge on any atom is -0.495 e. The highest BCUT2D eigenvalue weighted by atomic mass is 79.9. The van der Waals surface area contributed by atoms with Gasteiger partial charge in [0, 0.05) is 6.04 Å². The largest absolute Gasteiger partial charge is 0.495 e. The fraction of sp³-hybridized carbons (Fsp3) is 0.556. The SMILES string of the molecule is COc1cc(C(=O)O[C@H](C)C(=O)NC2CCCCC2)cc(OC)c1Br. The minimum atomic E-state index is -0.866. The molecule has 1 aromatic rings. The van der Waals surface area contributed by atoms with E-state index in [1.165, 1.54) is 20.6 Å². The maximum Gasteiger partial charge on any atom is 0.339 e. The van der Waals surface area contributed by atoms with Gasteiger partial charge in [-0.05, 0) is 47.8 Å². The fourth-order valence-corrected chi connectivity index (χ4v) is 3.39. The molecule has 0 unspecified atom stereocenters. The minimum absolute atomic E-state index is 0.176. The quantitative estimate of drug-likeness (QED) is 0.722. The predicted octanol–water partition coefficient (Wildman–Crippen LogP) is 3.46. The van der Waals surface area contributed by atoms with Crippen LogP contribution in [0, 0.1) is 0 Å². The number of hydrogen-bond donors (Lipinski definition) is 1. The smallest absolute Gasteiger partial charge is 0.339 e. The number of methoxy groups -OCH3 is 2. The van der Waals surface area contributed by atoms with Crippen LogP contribution in [-0.4, -0.2) is 38.2 Å². The Morgan fingerprint density at radius 2 is 1.68 bits per heavy atom. The van der Waals surface area contributed by atoms with Crippen LogP contribution < -0.4 is 14.8 Å². The van der Waals surface area contributed by atoms with E-state index in [0.717, 1.165) is 25.7 Å². The first kappa shape index (κ1) is 19.6. The van der Waals surface area contributed by atoms with E-state index in [2.05, 4.69) is 21.2 Å². The molecular weight excluding hydrogens is 390 g/mol. The number of esters is 1. The highest BCUT2D eigenvalue weighted by Crippen LogP contribution is 2.35. The van der Waals surface area contributed by atoms with E-state index in [9.17, 15) is 9.59 Å². The zero-order valence-electron chi connectivity index (χ0n) is 14.8. The van der Waals surface area contributed by atoms with Crippen molar-refractivity contribution in [3.8, 4) is 11.5 Å². The molecule has 1 atom stereocenters. The van der Waals surface area contributed by atoms with Gasteiger partial charge in [0.05, 0.1) is 19.8 Å². The first-order valence-electron chi connectivity index (χ1n) is 8.39. The molecule has 2 rings (SSSR count). The van der Waals surface area contributed by atoms with Crippen LogP contribution in [0.15, 0.2) is 16.6 Å². The van der Waals surface area contributed by atoms with Crippen LogP contribution in [0.4, 0.5) is 0 Å². The Labute approximate surface area is 156 Å². The molecule has 0 bridgehead atoms. The van der Waals surface area contributed by atoms with Crippen molar-refractivity contribution in [1.82, 2.24) is 5.32 Å². The Balaban J connectivity index is 2.01. The molecule has 1 aliphatic carbocycles. The number of rotatable bonds is 6. The van der Waals surface area contributed by atoms with E-state index < -0.39 is 12.1 Å². The predicted molar refractivity (Wildman–Crippen MR) is 97.1 cm³/mol. The summed E-state index contributed by atoms with van der Waals surface area (Å²) in [7, 11) is 2.99. The van der Waals surface area contributed by atoms with Gasteiger partial charge in [-0.3, -0.25) is 4.79 Å². The second kappa shape index (κ2) is 9.08. The summed E-state index contributed by atoms with van der Waals surface area (Å²) < 4.78 is 16.3. The average Bonchev–Trinajstić information content (AvgIpc) is 2.62. The van der Waals surface area contributed by atoms with Crippen LogP contribution in [0.2, 0.25) is 0 Å². The van der Waals surface area contributed by atoms with Crippen molar-refractivity contribution in [2.45, 2.75) is 51.2 Å². The third-order valence-electron chi connectivity index (χ3n) is 4.29. The summed E-state index contributed by atoms with van der Waals surface area (Å²) in [4.78, 5) is 24.6. The lowest BCUT2D eigenvalue weighted by atomic mass is 9.95. The van der Waals surface area contributed by atoms with Gasteiger partial charge in [-0.25, -0.2) is 4.79 Å². The van der Waals surface area contributed by atoms with Crippen LogP contribution >= 0.6 is 15.9 Å². The van der Waals surface area contributed by atoms with Gasteiger partial charge in [-0.2, -0.15) is 0 Å². The van der Waals surface area contributed by atoms with Crippen molar-refractivity contribution >= 4 is 27.8 Å². The third kappa shape index (κ3) is 5.11. The second-order valence-electron chi connectivity index (χ2n) is 6.09. The Kier molecular flexibility index (Phi) is 7.11. The van der Waals surface area contributed by atoms with E-state index in [1.54, 1.807) is 19.1 Å². The molecule has 0 aliphatic heterocycles. The summed E-state index contributed by atoms with van der Waals surface area (Å²) >= 11 is 3.35. The van der Waals surface area contributed by atoms with Gasteiger partial charge in [-0.1, -0.05) is 19.3 Å². The van der Waals surface area contributed by atoms with Gasteiger partial charge < -0.3 is 19.5 Å². The molecule has 7 heteroatoms. The molecule has 1 amide bonds. The van der Waals surface area contributed by atoms with E-state index in [-0.39, 0.29) is 17.5 Å². The lowest BCUT2D eigenvalue weighted by Crippen LogP contribution is -2.42. The van der Waals surface area contributed by atoms with E-state index in [1.807, 2.05) is 0 Å². The number of amides is 1. The number of nitrogens with one attached hydrogen (secondary N) is 1. The lowest BCUT2D eigenvalue weighted by molar-refractivity contribution is -0.130. The molecule has 1 N–H and O–H groups in total. The first-order valence-corrected chi connectivity index (χ1v) is 9.18. The molecule has 0 heterocycles. The number of benzene rings is 1. The number of carbonyl (C=O) groups is 2. The molecule has 0 aromatic heterocycles. The molecule has 0 saturated heterocycles. The van der Waals surface area contributed by atoms with Gasteiger partial charge in [-0.15, -0.1) is 0 Å². The van der Waals surface area contributed by atoms with Crippen molar-refractivity contribution in [2.75, 3.05) is 14.2 Å². The number of ether oxygens (including phenoxy) is 3. The van der Waals surface area contributed by atoms with E-state index >= 15 is 0 Å². The topological polar surface area (TPSA) is 73.9 Å². The van der Waals surface area contributed by atoms with Crippen molar-refractivity contribution in [3.05, 3.63) is 22.2 Å². The summed E-state index contributed by atoms with van der Waals surface area (Å²) in [6.07, 6.45) is 4.55. The van der Waals surface area contributed by atoms with Crippen LogP contribution in [0.5, 0.6) is 11.5 Å². The van der Waals surface area contributed by atoms with Crippen LogP contribution in [-0.2, 0) is 9.53 Å². The monoisotopic (exact) mass is 413 g/mol. The zero-order chi connectivity index (χ0) is 18.4. The standard InChI is InChI=1S/C18H24BrNO5/c1-11(17(21)20-13-7-5-4-6-8-13)25-18(22)12-9-14(23-2)16(19)15(10-12)24-3/h9-11,13H,4-8H2,1-3H3,(H,20,21)/t11-/m1/s1. The Bertz CT molecular complexity index is 603. The summed E-state index contributed by atoms with van der Waals surface area (Å²) in [5.41, 5.74) is 0.259. The van der Waals surface area contributed by atoms with Crippen molar-refractivity contribution in [2.24, 2.45) is 0 Å². The Hall–Kier alpha value is -1.76. The van der Waals surface area contributed by atoms with Gasteiger partial charge in [0.2, 0.25) is 0 Å². The maximum absolute atomic E-state index is 12.4. The van der Waals surface area contributed by atoms with Gasteiger partial charge >= 0.3 is 5.97 Å². The van der Waals surface area contributed by atoms with Crippen LogP contribution in [0.25, 0.3) is 0 Å². The van der Waals surface area contributed by atoms with Crippen LogP contribution in [0.3, 0.4) is 0 Å². The molecular formula is C18H24BrNO5. The molecule has 1 saturated carbocycles. The summed E-state index contributed by atoms with van der Waals surface area (Å²) in [5.74, 6) is 0.0305. The fourth-order valence-electron chi connectivity index (χ4n) is 2.83. The lowest BCUT2D eigenvalue weighted by Gasteiger charge is -2.24. The molecule has 0 radical (unpaired) electrons. The maximum atomic E-state index is 12.4. The molecule has 1 aliphatic rings. The molecule has 25 heavy (non-hydrogen) atoms. The Morgan fingerprint density at radius 1 is 1.12 bits per heavy atom. The molecule has 138 valence electrons. The number of carbonyl (C=O) groups excluding carboxylic acids is 2. The van der Waals surface area contributed by atoms with Gasteiger partial charge in [0.15, 0.2) is 6.10 Å². The van der Waals surface area contributed by atoms with Gasteiger partial charge in [0.1, 0.15) is 16.0 Å². The molecule has 0 spiro atoms. The molecule has 6 nitrogen and oxygen atoms in total. The average molecular weight is 414 g/mol.